The standard InChI is InChI=1S/C21H12ClF4N3O2/c22-15-4-1-3-14(21(24,25)26)13(15)10-29-17-5-2-8-27-19(17)18(28-29)12-7-6-11(20(30)31)9-16(12)23/h1-9H,10H2,(H,30,31). The van der Waals surface area contributed by atoms with Crippen LogP contribution in [0.5, 0.6) is 0 Å². The zero-order valence-corrected chi connectivity index (χ0v) is 16.2. The molecule has 5 nitrogen and oxygen atoms in total. The van der Waals surface area contributed by atoms with Gasteiger partial charge in [-0.1, -0.05) is 17.7 Å². The molecule has 158 valence electrons. The second-order valence-corrected chi connectivity index (χ2v) is 7.05. The van der Waals surface area contributed by atoms with Crippen molar-refractivity contribution in [1.29, 1.82) is 0 Å². The van der Waals surface area contributed by atoms with Crippen molar-refractivity contribution in [2.75, 3.05) is 0 Å². The number of benzene rings is 2. The molecule has 1 N–H and O–H groups in total. The Morgan fingerprint density at radius 3 is 2.58 bits per heavy atom. The average Bonchev–Trinajstić information content (AvgIpc) is 3.07. The first-order valence-corrected chi connectivity index (χ1v) is 9.24. The SMILES string of the molecule is O=C(O)c1ccc(-c2nn(Cc3c(Cl)cccc3C(F)(F)F)c3cccnc23)c(F)c1. The van der Waals surface area contributed by atoms with E-state index < -0.39 is 23.5 Å². The van der Waals surface area contributed by atoms with E-state index in [0.29, 0.717) is 5.52 Å². The van der Waals surface area contributed by atoms with E-state index in [1.54, 1.807) is 12.1 Å². The van der Waals surface area contributed by atoms with Gasteiger partial charge in [0.2, 0.25) is 0 Å². The van der Waals surface area contributed by atoms with Gasteiger partial charge < -0.3 is 5.11 Å². The van der Waals surface area contributed by atoms with Gasteiger partial charge in [-0.3, -0.25) is 9.67 Å². The number of aromatic carboxylic acids is 1. The lowest BCUT2D eigenvalue weighted by atomic mass is 10.1. The van der Waals surface area contributed by atoms with Gasteiger partial charge in [-0.05, 0) is 42.5 Å². The zero-order valence-electron chi connectivity index (χ0n) is 15.5. The minimum Gasteiger partial charge on any atom is -0.478 e. The third kappa shape index (κ3) is 3.84. The molecule has 10 heteroatoms. The van der Waals surface area contributed by atoms with Gasteiger partial charge in [-0.25, -0.2) is 9.18 Å². The molecule has 4 aromatic rings. The molecule has 0 bridgehead atoms. The van der Waals surface area contributed by atoms with Crippen molar-refractivity contribution in [3.05, 3.63) is 82.3 Å². The van der Waals surface area contributed by atoms with E-state index >= 15 is 0 Å². The monoisotopic (exact) mass is 449 g/mol. The fourth-order valence-corrected chi connectivity index (χ4v) is 3.52. The fraction of sp³-hybridized carbons (Fsp3) is 0.0952. The van der Waals surface area contributed by atoms with Gasteiger partial charge in [0.25, 0.3) is 0 Å². The number of hydrogen-bond acceptors (Lipinski definition) is 3. The predicted molar refractivity (Wildman–Crippen MR) is 105 cm³/mol. The average molecular weight is 450 g/mol. The number of hydrogen-bond donors (Lipinski definition) is 1. The Bertz CT molecular complexity index is 1320. The lowest BCUT2D eigenvalue weighted by molar-refractivity contribution is -0.138. The normalized spacial score (nSPS) is 11.8. The van der Waals surface area contributed by atoms with Gasteiger partial charge in [0.15, 0.2) is 0 Å². The molecular weight excluding hydrogens is 438 g/mol. The molecule has 0 spiro atoms. The summed E-state index contributed by atoms with van der Waals surface area (Å²) in [6.07, 6.45) is -3.18. The van der Waals surface area contributed by atoms with E-state index in [1.807, 2.05) is 0 Å². The molecule has 0 aliphatic heterocycles. The Kier molecular flexibility index (Phi) is 5.14. The summed E-state index contributed by atoms with van der Waals surface area (Å²) < 4.78 is 56.3. The Labute approximate surface area is 177 Å². The summed E-state index contributed by atoms with van der Waals surface area (Å²) in [6.45, 7) is -0.328. The second-order valence-electron chi connectivity index (χ2n) is 6.64. The van der Waals surface area contributed by atoms with Gasteiger partial charge in [-0.15, -0.1) is 0 Å². The van der Waals surface area contributed by atoms with Crippen LogP contribution in [0.25, 0.3) is 22.3 Å². The summed E-state index contributed by atoms with van der Waals surface area (Å²) in [6, 6.07) is 9.96. The Hall–Kier alpha value is -3.46. The molecule has 31 heavy (non-hydrogen) atoms. The molecule has 0 fully saturated rings. The van der Waals surface area contributed by atoms with Crippen LogP contribution in [0, 0.1) is 5.82 Å². The molecule has 0 radical (unpaired) electrons. The first-order valence-electron chi connectivity index (χ1n) is 8.86. The molecule has 0 atom stereocenters. The number of rotatable bonds is 4. The van der Waals surface area contributed by atoms with E-state index in [2.05, 4.69) is 10.1 Å². The number of halogens is 5. The highest BCUT2D eigenvalue weighted by Crippen LogP contribution is 2.36. The van der Waals surface area contributed by atoms with Crippen molar-refractivity contribution in [2.24, 2.45) is 0 Å². The lowest BCUT2D eigenvalue weighted by Crippen LogP contribution is -2.13. The largest absolute Gasteiger partial charge is 0.478 e. The molecule has 0 aliphatic carbocycles. The summed E-state index contributed by atoms with van der Waals surface area (Å²) in [5, 5.41) is 13.2. The number of pyridine rings is 1. The summed E-state index contributed by atoms with van der Waals surface area (Å²) in [5.41, 5.74) is -0.654. The summed E-state index contributed by atoms with van der Waals surface area (Å²) >= 11 is 6.06. The van der Waals surface area contributed by atoms with Crippen LogP contribution in [0.3, 0.4) is 0 Å². The van der Waals surface area contributed by atoms with Gasteiger partial charge in [-0.2, -0.15) is 18.3 Å². The van der Waals surface area contributed by atoms with Gasteiger partial charge in [0.05, 0.1) is 23.2 Å². The van der Waals surface area contributed by atoms with Crippen LogP contribution < -0.4 is 0 Å². The van der Waals surface area contributed by atoms with Crippen molar-refractivity contribution in [3.63, 3.8) is 0 Å². The van der Waals surface area contributed by atoms with Crippen molar-refractivity contribution in [2.45, 2.75) is 12.7 Å². The third-order valence-corrected chi connectivity index (χ3v) is 5.07. The number of aromatic nitrogens is 3. The van der Waals surface area contributed by atoms with Crippen molar-refractivity contribution in [1.82, 2.24) is 14.8 Å². The van der Waals surface area contributed by atoms with E-state index in [1.165, 1.54) is 35.1 Å². The number of alkyl halides is 3. The summed E-state index contributed by atoms with van der Waals surface area (Å²) in [7, 11) is 0. The van der Waals surface area contributed by atoms with Gasteiger partial charge in [0.1, 0.15) is 17.0 Å². The number of nitrogens with zero attached hydrogens (tertiary/aromatic N) is 3. The number of fused-ring (bicyclic) bond motifs is 1. The highest BCUT2D eigenvalue weighted by atomic mass is 35.5. The number of carboxylic acid groups (broad SMARTS) is 1. The lowest BCUT2D eigenvalue weighted by Gasteiger charge is -2.14. The molecule has 0 saturated heterocycles. The first kappa shape index (κ1) is 20.8. The number of carboxylic acids is 1. The third-order valence-electron chi connectivity index (χ3n) is 4.71. The van der Waals surface area contributed by atoms with Crippen molar-refractivity contribution < 1.29 is 27.5 Å². The molecule has 0 saturated carbocycles. The van der Waals surface area contributed by atoms with Crippen LogP contribution in [0.15, 0.2) is 54.7 Å². The first-order chi connectivity index (χ1) is 14.7. The smallest absolute Gasteiger partial charge is 0.416 e. The van der Waals surface area contributed by atoms with Crippen molar-refractivity contribution in [3.8, 4) is 11.3 Å². The van der Waals surface area contributed by atoms with Crippen molar-refractivity contribution >= 4 is 28.6 Å². The second kappa shape index (κ2) is 7.66. The maximum atomic E-state index is 14.6. The summed E-state index contributed by atoms with van der Waals surface area (Å²) in [4.78, 5) is 15.3. The topological polar surface area (TPSA) is 68.0 Å². The molecule has 4 rings (SSSR count). The number of carbonyl (C=O) groups is 1. The molecule has 0 unspecified atom stereocenters. The Morgan fingerprint density at radius 1 is 1.13 bits per heavy atom. The van der Waals surface area contributed by atoms with Crippen LogP contribution in [0.2, 0.25) is 5.02 Å². The van der Waals surface area contributed by atoms with Crippen LogP contribution in [0.1, 0.15) is 21.5 Å². The molecule has 2 aromatic carbocycles. The Morgan fingerprint density at radius 2 is 1.90 bits per heavy atom. The molecule has 2 aromatic heterocycles. The van der Waals surface area contributed by atoms with E-state index in [9.17, 15) is 22.4 Å². The van der Waals surface area contributed by atoms with E-state index in [4.69, 9.17) is 16.7 Å². The maximum Gasteiger partial charge on any atom is 0.416 e. The minimum atomic E-state index is -4.62. The molecular formula is C21H12ClF4N3O2. The predicted octanol–water partition coefficient (Wildman–Crippen LogP) is 5.66. The minimum absolute atomic E-state index is 0.0253. The van der Waals surface area contributed by atoms with Crippen LogP contribution >= 0.6 is 11.6 Å². The van der Waals surface area contributed by atoms with E-state index in [0.717, 1.165) is 12.1 Å². The van der Waals surface area contributed by atoms with Crippen LogP contribution in [-0.4, -0.2) is 25.8 Å². The van der Waals surface area contributed by atoms with Crippen LogP contribution in [0.4, 0.5) is 17.6 Å². The zero-order chi connectivity index (χ0) is 22.3. The highest BCUT2D eigenvalue weighted by molar-refractivity contribution is 6.31. The molecule has 0 aliphatic rings. The quantitative estimate of drug-likeness (QED) is 0.408. The van der Waals surface area contributed by atoms with E-state index in [-0.39, 0.29) is 39.5 Å². The van der Waals surface area contributed by atoms with Gasteiger partial charge in [0, 0.05) is 22.3 Å². The highest BCUT2D eigenvalue weighted by Gasteiger charge is 2.34. The maximum absolute atomic E-state index is 14.6. The fourth-order valence-electron chi connectivity index (χ4n) is 3.29. The summed E-state index contributed by atoms with van der Waals surface area (Å²) in [5.74, 6) is -2.14. The molecule has 0 amide bonds. The van der Waals surface area contributed by atoms with Crippen LogP contribution in [-0.2, 0) is 12.7 Å². The Balaban J connectivity index is 1.88. The van der Waals surface area contributed by atoms with Gasteiger partial charge >= 0.3 is 12.1 Å². The molecule has 2 heterocycles.